The third-order valence-corrected chi connectivity index (χ3v) is 4.52. The van der Waals surface area contributed by atoms with Crippen molar-refractivity contribution in [2.24, 2.45) is 0 Å². The molecule has 0 aliphatic carbocycles. The van der Waals surface area contributed by atoms with Crippen LogP contribution in [0.25, 0.3) is 15.9 Å². The van der Waals surface area contributed by atoms with Gasteiger partial charge in [-0.1, -0.05) is 34.6 Å². The van der Waals surface area contributed by atoms with Crippen molar-refractivity contribution in [2.75, 3.05) is 5.32 Å². The summed E-state index contributed by atoms with van der Waals surface area (Å²) in [5.74, 6) is 0. The Morgan fingerprint density at radius 1 is 1.17 bits per heavy atom. The summed E-state index contributed by atoms with van der Waals surface area (Å²) in [4.78, 5) is 17.6. The Bertz CT molecular complexity index is 1090. The minimum absolute atomic E-state index is 0.158. The SMILES string of the molecule is Cc1ccc2nc3sc(Nc4ccc(Cl)cc4)nn3c(=O)c2c1. The number of nitrogens with zero attached hydrogens (tertiary/aromatic N) is 3. The van der Waals surface area contributed by atoms with Crippen molar-refractivity contribution in [3.05, 3.63) is 63.4 Å². The van der Waals surface area contributed by atoms with Crippen molar-refractivity contribution >= 4 is 49.6 Å². The predicted octanol–water partition coefficient (Wildman–Crippen LogP) is 4.01. The molecule has 0 aliphatic rings. The molecule has 4 rings (SSSR count). The summed E-state index contributed by atoms with van der Waals surface area (Å²) < 4.78 is 1.34. The van der Waals surface area contributed by atoms with Crippen molar-refractivity contribution in [3.63, 3.8) is 0 Å². The molecular formula is C16H11ClN4OS. The Morgan fingerprint density at radius 3 is 2.74 bits per heavy atom. The monoisotopic (exact) mass is 342 g/mol. The van der Waals surface area contributed by atoms with Crippen molar-refractivity contribution in [2.45, 2.75) is 6.92 Å². The van der Waals surface area contributed by atoms with Gasteiger partial charge in [0.05, 0.1) is 10.9 Å². The Kier molecular flexibility index (Phi) is 3.28. The zero-order chi connectivity index (χ0) is 16.0. The third kappa shape index (κ3) is 2.56. The van der Waals surface area contributed by atoms with Crippen molar-refractivity contribution in [1.82, 2.24) is 14.6 Å². The summed E-state index contributed by atoms with van der Waals surface area (Å²) in [7, 11) is 0. The van der Waals surface area contributed by atoms with Gasteiger partial charge in [-0.05, 0) is 43.3 Å². The lowest BCUT2D eigenvalue weighted by Crippen LogP contribution is -2.15. The van der Waals surface area contributed by atoms with E-state index in [0.717, 1.165) is 11.3 Å². The fraction of sp³-hybridized carbons (Fsp3) is 0.0625. The molecule has 0 saturated carbocycles. The van der Waals surface area contributed by atoms with Gasteiger partial charge in [-0.15, -0.1) is 5.10 Å². The van der Waals surface area contributed by atoms with E-state index in [9.17, 15) is 4.79 Å². The quantitative estimate of drug-likeness (QED) is 0.598. The Balaban J connectivity index is 1.84. The molecule has 2 aromatic carbocycles. The van der Waals surface area contributed by atoms with Gasteiger partial charge in [0.1, 0.15) is 0 Å². The normalized spacial score (nSPS) is 11.2. The number of hydrogen-bond acceptors (Lipinski definition) is 5. The maximum Gasteiger partial charge on any atom is 0.283 e. The second kappa shape index (κ2) is 5.33. The maximum absolute atomic E-state index is 12.6. The number of aryl methyl sites for hydroxylation is 1. The van der Waals surface area contributed by atoms with Crippen LogP contribution in [0.5, 0.6) is 0 Å². The van der Waals surface area contributed by atoms with Gasteiger partial charge in [-0.2, -0.15) is 4.52 Å². The van der Waals surface area contributed by atoms with E-state index < -0.39 is 0 Å². The lowest BCUT2D eigenvalue weighted by atomic mass is 10.2. The first-order chi connectivity index (χ1) is 11.1. The van der Waals surface area contributed by atoms with E-state index in [2.05, 4.69) is 15.4 Å². The molecule has 0 radical (unpaired) electrons. The van der Waals surface area contributed by atoms with Crippen LogP contribution >= 0.6 is 22.9 Å². The fourth-order valence-corrected chi connectivity index (χ4v) is 3.27. The van der Waals surface area contributed by atoms with E-state index in [4.69, 9.17) is 11.6 Å². The second-order valence-corrected chi connectivity index (χ2v) is 6.56. The first-order valence-corrected chi connectivity index (χ1v) is 8.12. The Morgan fingerprint density at radius 2 is 1.96 bits per heavy atom. The van der Waals surface area contributed by atoms with E-state index in [-0.39, 0.29) is 5.56 Å². The van der Waals surface area contributed by atoms with Crippen LogP contribution in [0, 0.1) is 6.92 Å². The molecule has 0 bridgehead atoms. The van der Waals surface area contributed by atoms with Gasteiger partial charge in [0, 0.05) is 10.7 Å². The van der Waals surface area contributed by atoms with Crippen LogP contribution in [0.4, 0.5) is 10.8 Å². The maximum atomic E-state index is 12.6. The summed E-state index contributed by atoms with van der Waals surface area (Å²) >= 11 is 7.20. The standard InChI is InChI=1S/C16H11ClN4OS/c1-9-2-7-13-12(8-9)14(22)21-16(19-13)23-15(20-21)18-11-5-3-10(17)4-6-11/h2-8H,1H3,(H,18,20). The number of halogens is 1. The molecule has 7 heteroatoms. The highest BCUT2D eigenvalue weighted by Gasteiger charge is 2.11. The lowest BCUT2D eigenvalue weighted by molar-refractivity contribution is 0.919. The van der Waals surface area contributed by atoms with E-state index >= 15 is 0 Å². The topological polar surface area (TPSA) is 59.3 Å². The minimum Gasteiger partial charge on any atom is -0.330 e. The smallest absolute Gasteiger partial charge is 0.283 e. The van der Waals surface area contributed by atoms with Gasteiger partial charge in [-0.25, -0.2) is 4.98 Å². The van der Waals surface area contributed by atoms with Crippen molar-refractivity contribution in [3.8, 4) is 0 Å². The van der Waals surface area contributed by atoms with Crippen LogP contribution in [0.1, 0.15) is 5.56 Å². The highest BCUT2D eigenvalue weighted by molar-refractivity contribution is 7.20. The Labute approximate surface area is 140 Å². The van der Waals surface area contributed by atoms with Crippen molar-refractivity contribution < 1.29 is 0 Å². The van der Waals surface area contributed by atoms with E-state index in [1.807, 2.05) is 37.3 Å². The first-order valence-electron chi connectivity index (χ1n) is 6.93. The number of fused-ring (bicyclic) bond motifs is 2. The highest BCUT2D eigenvalue weighted by atomic mass is 35.5. The Hall–Kier alpha value is -2.44. The van der Waals surface area contributed by atoms with Crippen LogP contribution < -0.4 is 10.9 Å². The molecule has 2 aromatic heterocycles. The zero-order valence-corrected chi connectivity index (χ0v) is 13.6. The molecule has 1 N–H and O–H groups in total. The summed E-state index contributed by atoms with van der Waals surface area (Å²) in [5.41, 5.74) is 2.39. The van der Waals surface area contributed by atoms with Gasteiger partial charge in [0.25, 0.3) is 5.56 Å². The van der Waals surface area contributed by atoms with Crippen LogP contribution in [-0.4, -0.2) is 14.6 Å². The van der Waals surface area contributed by atoms with E-state index in [1.165, 1.54) is 15.9 Å². The van der Waals surface area contributed by atoms with Crippen LogP contribution in [0.2, 0.25) is 5.02 Å². The van der Waals surface area contributed by atoms with Gasteiger partial charge < -0.3 is 5.32 Å². The molecule has 23 heavy (non-hydrogen) atoms. The van der Waals surface area contributed by atoms with E-state index in [0.29, 0.717) is 26.0 Å². The van der Waals surface area contributed by atoms with Crippen molar-refractivity contribution in [1.29, 1.82) is 0 Å². The summed E-state index contributed by atoms with van der Waals surface area (Å²) in [6.07, 6.45) is 0. The third-order valence-electron chi connectivity index (χ3n) is 3.45. The molecule has 0 aliphatic heterocycles. The average molecular weight is 343 g/mol. The largest absolute Gasteiger partial charge is 0.330 e. The lowest BCUT2D eigenvalue weighted by Gasteiger charge is -2.00. The first kappa shape index (κ1) is 14.2. The zero-order valence-electron chi connectivity index (χ0n) is 12.1. The number of rotatable bonds is 2. The predicted molar refractivity (Wildman–Crippen MR) is 94.1 cm³/mol. The average Bonchev–Trinajstić information content (AvgIpc) is 2.93. The summed E-state index contributed by atoms with van der Waals surface area (Å²) in [6, 6.07) is 12.9. The molecule has 4 aromatic rings. The fourth-order valence-electron chi connectivity index (χ4n) is 2.33. The molecule has 0 unspecified atom stereocenters. The summed E-state index contributed by atoms with van der Waals surface area (Å²) in [6.45, 7) is 1.95. The number of anilines is 2. The van der Waals surface area contributed by atoms with Gasteiger partial charge >= 0.3 is 0 Å². The summed E-state index contributed by atoms with van der Waals surface area (Å²) in [5, 5.41) is 9.33. The molecular weight excluding hydrogens is 332 g/mol. The highest BCUT2D eigenvalue weighted by Crippen LogP contribution is 2.23. The number of benzene rings is 2. The molecule has 0 amide bonds. The molecule has 0 fully saturated rings. The van der Waals surface area contributed by atoms with E-state index in [1.54, 1.807) is 12.1 Å². The number of nitrogens with one attached hydrogen (secondary N) is 1. The van der Waals surface area contributed by atoms with Gasteiger partial charge in [0.15, 0.2) is 0 Å². The van der Waals surface area contributed by atoms with Gasteiger partial charge in [0.2, 0.25) is 10.1 Å². The molecule has 5 nitrogen and oxygen atoms in total. The molecule has 114 valence electrons. The number of aromatic nitrogens is 3. The molecule has 0 atom stereocenters. The second-order valence-electron chi connectivity index (χ2n) is 5.17. The molecule has 0 saturated heterocycles. The molecule has 0 spiro atoms. The van der Waals surface area contributed by atoms with Crippen LogP contribution in [0.3, 0.4) is 0 Å². The number of hydrogen-bond donors (Lipinski definition) is 1. The van der Waals surface area contributed by atoms with Crippen LogP contribution in [0.15, 0.2) is 47.3 Å². The van der Waals surface area contributed by atoms with Gasteiger partial charge in [-0.3, -0.25) is 4.79 Å². The van der Waals surface area contributed by atoms with Crippen LogP contribution in [-0.2, 0) is 0 Å². The molecule has 2 heterocycles. The minimum atomic E-state index is -0.158.